The van der Waals surface area contributed by atoms with Crippen LogP contribution in [0.25, 0.3) is 0 Å². The minimum absolute atomic E-state index is 0.303. The van der Waals surface area contributed by atoms with E-state index in [4.69, 9.17) is 11.6 Å². The van der Waals surface area contributed by atoms with Crippen molar-refractivity contribution in [2.45, 2.75) is 0 Å². The zero-order chi connectivity index (χ0) is 12.1. The standard InChI is InChI=1S/C10H10ClFN2O2/c1-14(10(16)13-9(15)6-11)8-4-2-3-7(12)5-8/h2-5H,6H2,1H3,(H,13,15,16). The molecule has 0 aliphatic carbocycles. The van der Waals surface area contributed by atoms with Gasteiger partial charge in [-0.15, -0.1) is 11.6 Å². The normalized spacial score (nSPS) is 9.69. The van der Waals surface area contributed by atoms with E-state index < -0.39 is 17.8 Å². The van der Waals surface area contributed by atoms with E-state index in [1.807, 2.05) is 5.32 Å². The largest absolute Gasteiger partial charge is 0.328 e. The number of rotatable bonds is 2. The summed E-state index contributed by atoms with van der Waals surface area (Å²) in [5.74, 6) is -1.36. The number of hydrogen-bond acceptors (Lipinski definition) is 2. The van der Waals surface area contributed by atoms with E-state index in [9.17, 15) is 14.0 Å². The number of alkyl halides is 1. The fraction of sp³-hybridized carbons (Fsp3) is 0.200. The molecule has 86 valence electrons. The van der Waals surface area contributed by atoms with Gasteiger partial charge in [-0.2, -0.15) is 0 Å². The Labute approximate surface area is 97.0 Å². The Hall–Kier alpha value is -1.62. The van der Waals surface area contributed by atoms with E-state index >= 15 is 0 Å². The molecule has 0 saturated heterocycles. The highest BCUT2D eigenvalue weighted by atomic mass is 35.5. The lowest BCUT2D eigenvalue weighted by Gasteiger charge is -2.16. The number of hydrogen-bond donors (Lipinski definition) is 1. The molecule has 0 saturated carbocycles. The number of urea groups is 1. The molecule has 0 aliphatic rings. The number of nitrogens with zero attached hydrogens (tertiary/aromatic N) is 1. The Morgan fingerprint density at radius 2 is 2.19 bits per heavy atom. The van der Waals surface area contributed by atoms with Gasteiger partial charge in [-0.25, -0.2) is 9.18 Å². The maximum absolute atomic E-state index is 12.9. The first-order chi connectivity index (χ1) is 7.54. The predicted molar refractivity (Wildman–Crippen MR) is 59.1 cm³/mol. The molecule has 1 aromatic carbocycles. The fourth-order valence-electron chi connectivity index (χ4n) is 1.04. The molecule has 4 nitrogen and oxygen atoms in total. The van der Waals surface area contributed by atoms with Crippen LogP contribution < -0.4 is 10.2 Å². The Bertz CT molecular complexity index is 412. The van der Waals surface area contributed by atoms with Crippen LogP contribution in [0.1, 0.15) is 0 Å². The molecule has 0 aliphatic heterocycles. The van der Waals surface area contributed by atoms with Crippen LogP contribution in [0.3, 0.4) is 0 Å². The van der Waals surface area contributed by atoms with Crippen molar-refractivity contribution >= 4 is 29.2 Å². The van der Waals surface area contributed by atoms with Crippen LogP contribution in [-0.4, -0.2) is 24.9 Å². The summed E-state index contributed by atoms with van der Waals surface area (Å²) in [5.41, 5.74) is 0.347. The number of amides is 3. The van der Waals surface area contributed by atoms with Crippen molar-refractivity contribution in [3.63, 3.8) is 0 Å². The summed E-state index contributed by atoms with van der Waals surface area (Å²) in [4.78, 5) is 23.4. The molecule has 3 amide bonds. The zero-order valence-electron chi connectivity index (χ0n) is 8.54. The Balaban J connectivity index is 2.74. The van der Waals surface area contributed by atoms with Gasteiger partial charge < -0.3 is 0 Å². The topological polar surface area (TPSA) is 49.4 Å². The second kappa shape index (κ2) is 5.46. The van der Waals surface area contributed by atoms with E-state index in [1.165, 1.54) is 25.2 Å². The average molecular weight is 245 g/mol. The van der Waals surface area contributed by atoms with E-state index in [-0.39, 0.29) is 5.88 Å². The summed E-state index contributed by atoms with van der Waals surface area (Å²) in [7, 11) is 1.42. The highest BCUT2D eigenvalue weighted by Crippen LogP contribution is 2.13. The second-order valence-electron chi connectivity index (χ2n) is 3.03. The van der Waals surface area contributed by atoms with Crippen LogP contribution in [0.5, 0.6) is 0 Å². The van der Waals surface area contributed by atoms with Crippen molar-refractivity contribution in [3.8, 4) is 0 Å². The number of nitrogens with one attached hydrogen (secondary N) is 1. The van der Waals surface area contributed by atoms with Crippen molar-refractivity contribution in [2.24, 2.45) is 0 Å². The van der Waals surface area contributed by atoms with Gasteiger partial charge in [0.15, 0.2) is 0 Å². The van der Waals surface area contributed by atoms with Gasteiger partial charge >= 0.3 is 6.03 Å². The first kappa shape index (κ1) is 12.4. The summed E-state index contributed by atoms with van der Waals surface area (Å²) < 4.78 is 12.9. The molecule has 0 atom stereocenters. The van der Waals surface area contributed by atoms with Gasteiger partial charge in [-0.1, -0.05) is 6.07 Å². The predicted octanol–water partition coefficient (Wildman–Crippen LogP) is 1.74. The van der Waals surface area contributed by atoms with Gasteiger partial charge in [-0.3, -0.25) is 15.0 Å². The maximum atomic E-state index is 12.9. The van der Waals surface area contributed by atoms with E-state index in [0.29, 0.717) is 5.69 Å². The van der Waals surface area contributed by atoms with Gasteiger partial charge in [0.2, 0.25) is 5.91 Å². The highest BCUT2D eigenvalue weighted by molar-refractivity contribution is 6.28. The van der Waals surface area contributed by atoms with E-state index in [2.05, 4.69) is 0 Å². The molecule has 0 spiro atoms. The van der Waals surface area contributed by atoms with Crippen molar-refractivity contribution < 1.29 is 14.0 Å². The third-order valence-corrected chi connectivity index (χ3v) is 2.11. The van der Waals surface area contributed by atoms with Gasteiger partial charge in [-0.05, 0) is 18.2 Å². The minimum Gasteiger partial charge on any atom is -0.297 e. The Morgan fingerprint density at radius 1 is 1.50 bits per heavy atom. The molecule has 0 aromatic heterocycles. The van der Waals surface area contributed by atoms with Gasteiger partial charge in [0.1, 0.15) is 11.7 Å². The lowest BCUT2D eigenvalue weighted by Crippen LogP contribution is -2.41. The maximum Gasteiger partial charge on any atom is 0.328 e. The molecular formula is C10H10ClFN2O2. The minimum atomic E-state index is -0.656. The lowest BCUT2D eigenvalue weighted by molar-refractivity contribution is -0.117. The number of anilines is 1. The first-order valence-electron chi connectivity index (χ1n) is 4.43. The summed E-state index contributed by atoms with van der Waals surface area (Å²) in [6.07, 6.45) is 0. The lowest BCUT2D eigenvalue weighted by atomic mass is 10.3. The first-order valence-corrected chi connectivity index (χ1v) is 4.97. The molecule has 0 fully saturated rings. The number of halogens is 2. The van der Waals surface area contributed by atoms with Gasteiger partial charge in [0.25, 0.3) is 0 Å². The van der Waals surface area contributed by atoms with Crippen LogP contribution >= 0.6 is 11.6 Å². The smallest absolute Gasteiger partial charge is 0.297 e. The molecule has 1 aromatic rings. The quantitative estimate of drug-likeness (QED) is 0.806. The van der Waals surface area contributed by atoms with Crippen molar-refractivity contribution in [1.82, 2.24) is 5.32 Å². The summed E-state index contributed by atoms with van der Waals surface area (Å²) in [5, 5.41) is 2.04. The molecule has 0 heterocycles. The Morgan fingerprint density at radius 3 is 2.75 bits per heavy atom. The van der Waals surface area contributed by atoms with Gasteiger partial charge in [0, 0.05) is 12.7 Å². The third kappa shape index (κ3) is 3.20. The molecule has 0 radical (unpaired) electrons. The van der Waals surface area contributed by atoms with Crippen LogP contribution in [0, 0.1) is 5.82 Å². The van der Waals surface area contributed by atoms with E-state index in [0.717, 1.165) is 4.90 Å². The van der Waals surface area contributed by atoms with Crippen LogP contribution in [0.2, 0.25) is 0 Å². The van der Waals surface area contributed by atoms with Crippen molar-refractivity contribution in [2.75, 3.05) is 17.8 Å². The fourth-order valence-corrected chi connectivity index (χ4v) is 1.11. The monoisotopic (exact) mass is 244 g/mol. The van der Waals surface area contributed by atoms with Gasteiger partial charge in [0.05, 0.1) is 0 Å². The van der Waals surface area contributed by atoms with Crippen molar-refractivity contribution in [3.05, 3.63) is 30.1 Å². The number of benzene rings is 1. The molecule has 16 heavy (non-hydrogen) atoms. The molecule has 1 N–H and O–H groups in total. The molecule has 0 bridgehead atoms. The SMILES string of the molecule is CN(C(=O)NC(=O)CCl)c1cccc(F)c1. The zero-order valence-corrected chi connectivity index (χ0v) is 9.29. The molecular weight excluding hydrogens is 235 g/mol. The number of imide groups is 1. The van der Waals surface area contributed by atoms with Crippen molar-refractivity contribution in [1.29, 1.82) is 0 Å². The van der Waals surface area contributed by atoms with Crippen LogP contribution in [-0.2, 0) is 4.79 Å². The summed E-state index contributed by atoms with van der Waals surface area (Å²) in [6.45, 7) is 0. The van der Waals surface area contributed by atoms with Crippen LogP contribution in [0.4, 0.5) is 14.9 Å². The van der Waals surface area contributed by atoms with Crippen LogP contribution in [0.15, 0.2) is 24.3 Å². The number of carbonyl (C=O) groups excluding carboxylic acids is 2. The summed E-state index contributed by atoms with van der Waals surface area (Å²) >= 11 is 5.23. The number of carbonyl (C=O) groups is 2. The summed E-state index contributed by atoms with van der Waals surface area (Å²) in [6, 6.07) is 4.81. The third-order valence-electron chi connectivity index (χ3n) is 1.87. The molecule has 1 rings (SSSR count). The highest BCUT2D eigenvalue weighted by Gasteiger charge is 2.13. The second-order valence-corrected chi connectivity index (χ2v) is 3.29. The molecule has 6 heteroatoms. The molecule has 0 unspecified atom stereocenters. The Kier molecular flexibility index (Phi) is 4.25. The average Bonchev–Trinajstić information content (AvgIpc) is 2.27. The van der Waals surface area contributed by atoms with E-state index in [1.54, 1.807) is 6.07 Å².